The first-order valence-corrected chi connectivity index (χ1v) is 4.93. The van der Waals surface area contributed by atoms with E-state index in [4.69, 9.17) is 11.6 Å². The van der Waals surface area contributed by atoms with Gasteiger partial charge in [0.05, 0.1) is 11.0 Å². The Balaban J connectivity index is 3.71. The lowest BCUT2D eigenvalue weighted by Gasteiger charge is -2.14. The summed E-state index contributed by atoms with van der Waals surface area (Å²) in [7, 11) is 0. The number of carbonyl (C=O) groups is 1. The molecule has 116 valence electrons. The maximum absolute atomic E-state index is 12.6. The van der Waals surface area contributed by atoms with Crippen molar-refractivity contribution in [1.82, 2.24) is 4.98 Å². The molecule has 0 aliphatic carbocycles. The van der Waals surface area contributed by atoms with Gasteiger partial charge in [0, 0.05) is 0 Å². The maximum Gasteiger partial charge on any atom is 0.573 e. The minimum absolute atomic E-state index is 0.0473. The van der Waals surface area contributed by atoms with Crippen molar-refractivity contribution in [2.24, 2.45) is 0 Å². The molecule has 0 unspecified atom stereocenters. The number of halogens is 7. The van der Waals surface area contributed by atoms with E-state index in [1.165, 1.54) is 0 Å². The number of nitro groups is 1. The highest BCUT2D eigenvalue weighted by Gasteiger charge is 2.45. The number of rotatable bonds is 3. The van der Waals surface area contributed by atoms with Gasteiger partial charge < -0.3 is 4.74 Å². The van der Waals surface area contributed by atoms with Crippen LogP contribution in [0.2, 0.25) is 0 Å². The first kappa shape index (κ1) is 16.9. The summed E-state index contributed by atoms with van der Waals surface area (Å²) in [5, 5.41) is 8.95. The fourth-order valence-electron chi connectivity index (χ4n) is 1.16. The quantitative estimate of drug-likeness (QED) is 0.365. The second-order valence-corrected chi connectivity index (χ2v) is 3.62. The standard InChI is InChI=1S/C8HClF6N2O4/c9-6(18)2-1-3(17(19)20)4(21-8(13,14)15)5(16-2)7(10,11)12/h1H. The SMILES string of the molecule is O=C(Cl)c1cc([N+](=O)[O-])c(OC(F)(F)F)c(C(F)(F)F)n1. The van der Waals surface area contributed by atoms with E-state index in [1.54, 1.807) is 0 Å². The zero-order valence-corrected chi connectivity index (χ0v) is 10.0. The number of pyridine rings is 1. The summed E-state index contributed by atoms with van der Waals surface area (Å²) >= 11 is 4.83. The van der Waals surface area contributed by atoms with Crippen molar-refractivity contribution in [3.05, 3.63) is 27.6 Å². The monoisotopic (exact) mass is 338 g/mol. The van der Waals surface area contributed by atoms with Crippen molar-refractivity contribution in [3.63, 3.8) is 0 Å². The fourth-order valence-corrected chi connectivity index (χ4v) is 1.26. The van der Waals surface area contributed by atoms with Crippen LogP contribution in [0.4, 0.5) is 32.0 Å². The van der Waals surface area contributed by atoms with Gasteiger partial charge in [-0.3, -0.25) is 14.9 Å². The second kappa shape index (κ2) is 5.35. The van der Waals surface area contributed by atoms with Gasteiger partial charge in [0.2, 0.25) is 5.75 Å². The molecule has 0 radical (unpaired) electrons. The van der Waals surface area contributed by atoms with E-state index in [0.29, 0.717) is 0 Å². The number of hydrogen-bond donors (Lipinski definition) is 0. The molecule has 0 aliphatic rings. The third kappa shape index (κ3) is 4.18. The molecular formula is C8HClF6N2O4. The highest BCUT2D eigenvalue weighted by molar-refractivity contribution is 6.67. The second-order valence-electron chi connectivity index (χ2n) is 3.28. The third-order valence-electron chi connectivity index (χ3n) is 1.84. The lowest BCUT2D eigenvalue weighted by atomic mass is 10.2. The zero-order chi connectivity index (χ0) is 16.6. The summed E-state index contributed by atoms with van der Waals surface area (Å²) in [6.07, 6.45) is -11.2. The lowest BCUT2D eigenvalue weighted by molar-refractivity contribution is -0.389. The molecule has 0 saturated carbocycles. The first-order chi connectivity index (χ1) is 9.33. The van der Waals surface area contributed by atoms with E-state index in [9.17, 15) is 41.3 Å². The van der Waals surface area contributed by atoms with E-state index >= 15 is 0 Å². The highest BCUT2D eigenvalue weighted by Crippen LogP contribution is 2.42. The van der Waals surface area contributed by atoms with Gasteiger partial charge in [0.15, 0.2) is 5.69 Å². The van der Waals surface area contributed by atoms with E-state index in [-0.39, 0.29) is 6.07 Å². The maximum atomic E-state index is 12.6. The lowest BCUT2D eigenvalue weighted by Crippen LogP contribution is -2.22. The van der Waals surface area contributed by atoms with Crippen molar-refractivity contribution in [1.29, 1.82) is 0 Å². The molecule has 0 fully saturated rings. The summed E-state index contributed by atoms with van der Waals surface area (Å²) in [4.78, 5) is 22.3. The van der Waals surface area contributed by atoms with Crippen molar-refractivity contribution >= 4 is 22.5 Å². The third-order valence-corrected chi connectivity index (χ3v) is 2.03. The van der Waals surface area contributed by atoms with E-state index < -0.39 is 45.5 Å². The minimum atomic E-state index is -5.64. The van der Waals surface area contributed by atoms with Crippen LogP contribution in [0.5, 0.6) is 5.75 Å². The molecule has 0 bridgehead atoms. The Morgan fingerprint density at radius 2 is 1.81 bits per heavy atom. The topological polar surface area (TPSA) is 82.3 Å². The van der Waals surface area contributed by atoms with Crippen molar-refractivity contribution in [3.8, 4) is 5.75 Å². The Morgan fingerprint density at radius 1 is 1.29 bits per heavy atom. The number of ether oxygens (including phenoxy) is 1. The minimum Gasteiger partial charge on any atom is -0.396 e. The first-order valence-electron chi connectivity index (χ1n) is 4.55. The van der Waals surface area contributed by atoms with Gasteiger partial charge in [-0.1, -0.05) is 0 Å². The van der Waals surface area contributed by atoms with E-state index in [0.717, 1.165) is 0 Å². The number of hydrogen-bond acceptors (Lipinski definition) is 5. The molecule has 1 heterocycles. The molecule has 0 amide bonds. The molecule has 1 aromatic heterocycles. The predicted molar refractivity (Wildman–Crippen MR) is 52.8 cm³/mol. The molecule has 0 atom stereocenters. The molecule has 1 aromatic rings. The van der Waals surface area contributed by atoms with Gasteiger partial charge >= 0.3 is 18.2 Å². The van der Waals surface area contributed by atoms with Crippen molar-refractivity contribution < 1.29 is 40.8 Å². The fraction of sp³-hybridized carbons (Fsp3) is 0.250. The summed E-state index contributed by atoms with van der Waals surface area (Å²) < 4.78 is 77.1. The molecule has 6 nitrogen and oxygen atoms in total. The molecule has 21 heavy (non-hydrogen) atoms. The van der Waals surface area contributed by atoms with Crippen LogP contribution in [0.3, 0.4) is 0 Å². The number of alkyl halides is 6. The normalized spacial score (nSPS) is 12.1. The van der Waals surface area contributed by atoms with Gasteiger partial charge in [-0.15, -0.1) is 13.2 Å². The summed E-state index contributed by atoms with van der Waals surface area (Å²) in [6.45, 7) is 0. The summed E-state index contributed by atoms with van der Waals surface area (Å²) in [5.41, 5.74) is -5.39. The predicted octanol–water partition coefficient (Wildman–Crippen LogP) is 3.29. The molecule has 13 heteroatoms. The molecule has 0 aliphatic heterocycles. The van der Waals surface area contributed by atoms with E-state index in [2.05, 4.69) is 9.72 Å². The summed E-state index contributed by atoms with van der Waals surface area (Å²) in [6, 6.07) is 0.0473. The van der Waals surface area contributed by atoms with Crippen LogP contribution >= 0.6 is 11.6 Å². The Morgan fingerprint density at radius 3 is 2.14 bits per heavy atom. The number of aromatic nitrogens is 1. The Labute approximate surface area is 115 Å². The molecule has 0 N–H and O–H groups in total. The average molecular weight is 339 g/mol. The van der Waals surface area contributed by atoms with Crippen LogP contribution in [0.1, 0.15) is 16.2 Å². The Kier molecular flexibility index (Phi) is 4.32. The van der Waals surface area contributed by atoms with Gasteiger partial charge in [-0.2, -0.15) is 13.2 Å². The van der Waals surface area contributed by atoms with Crippen LogP contribution in [0, 0.1) is 10.1 Å². The van der Waals surface area contributed by atoms with Gasteiger partial charge in [0.1, 0.15) is 5.69 Å². The zero-order valence-electron chi connectivity index (χ0n) is 9.25. The smallest absolute Gasteiger partial charge is 0.396 e. The average Bonchev–Trinajstić information content (AvgIpc) is 2.24. The number of carbonyl (C=O) groups excluding carboxylic acids is 1. The van der Waals surface area contributed by atoms with Crippen LogP contribution in [0.25, 0.3) is 0 Å². The summed E-state index contributed by atoms with van der Waals surface area (Å²) in [5.74, 6) is -2.18. The Bertz CT molecular complexity index is 600. The van der Waals surface area contributed by atoms with Crippen LogP contribution in [-0.2, 0) is 6.18 Å². The van der Waals surface area contributed by atoms with E-state index in [1.807, 2.05) is 0 Å². The van der Waals surface area contributed by atoms with Crippen molar-refractivity contribution in [2.75, 3.05) is 0 Å². The van der Waals surface area contributed by atoms with Crippen LogP contribution in [0.15, 0.2) is 6.07 Å². The van der Waals surface area contributed by atoms with Gasteiger partial charge in [-0.25, -0.2) is 4.98 Å². The van der Waals surface area contributed by atoms with Gasteiger partial charge in [0.25, 0.3) is 5.24 Å². The largest absolute Gasteiger partial charge is 0.573 e. The van der Waals surface area contributed by atoms with Gasteiger partial charge in [-0.05, 0) is 11.6 Å². The Hall–Kier alpha value is -2.11. The molecular weight excluding hydrogens is 338 g/mol. The molecule has 0 saturated heterocycles. The molecule has 0 aromatic carbocycles. The van der Waals surface area contributed by atoms with Crippen molar-refractivity contribution in [2.45, 2.75) is 12.5 Å². The van der Waals surface area contributed by atoms with Crippen LogP contribution < -0.4 is 4.74 Å². The number of nitrogens with zero attached hydrogens (tertiary/aromatic N) is 2. The van der Waals surface area contributed by atoms with Crippen LogP contribution in [-0.4, -0.2) is 21.5 Å². The molecule has 0 spiro atoms. The highest BCUT2D eigenvalue weighted by atomic mass is 35.5. The molecule has 1 rings (SSSR count).